The van der Waals surface area contributed by atoms with E-state index in [1.807, 2.05) is 6.08 Å². The van der Waals surface area contributed by atoms with E-state index in [-0.39, 0.29) is 25.7 Å². The zero-order valence-electron chi connectivity index (χ0n) is 20.8. The molecular formula is C28H38O7. The van der Waals surface area contributed by atoms with Crippen LogP contribution in [0.4, 0.5) is 0 Å². The number of esters is 1. The number of hydrogen-bond donors (Lipinski definition) is 5. The summed E-state index contributed by atoms with van der Waals surface area (Å²) in [5.74, 6) is -1.02. The average molecular weight is 487 g/mol. The number of carbonyl (C=O) groups excluding carboxylic acids is 1. The molecule has 0 saturated heterocycles. The highest BCUT2D eigenvalue weighted by atomic mass is 16.6. The van der Waals surface area contributed by atoms with Crippen LogP contribution >= 0.6 is 0 Å². The number of hydrogen-bond acceptors (Lipinski definition) is 7. The Bertz CT molecular complexity index is 1040. The van der Waals surface area contributed by atoms with Crippen LogP contribution in [0.1, 0.15) is 76.1 Å². The zero-order valence-corrected chi connectivity index (χ0v) is 20.8. The predicted octanol–water partition coefficient (Wildman–Crippen LogP) is 2.49. The molecule has 1 aromatic rings. The number of benzene rings is 1. The highest BCUT2D eigenvalue weighted by Gasteiger charge is 2.80. The molecule has 0 bridgehead atoms. The number of carbonyl (C=O) groups is 1. The highest BCUT2D eigenvalue weighted by molar-refractivity contribution is 5.89. The lowest BCUT2D eigenvalue weighted by molar-refractivity contribution is -0.325. The van der Waals surface area contributed by atoms with Gasteiger partial charge in [0.25, 0.3) is 0 Å². The molecule has 9 unspecified atom stereocenters. The van der Waals surface area contributed by atoms with Crippen molar-refractivity contribution in [2.75, 3.05) is 0 Å². The molecule has 0 aromatic heterocycles. The van der Waals surface area contributed by atoms with Crippen molar-refractivity contribution < 1.29 is 35.1 Å². The maximum atomic E-state index is 12.8. The minimum atomic E-state index is -1.80. The van der Waals surface area contributed by atoms with Crippen LogP contribution < -0.4 is 0 Å². The van der Waals surface area contributed by atoms with Crippen molar-refractivity contribution in [3.05, 3.63) is 47.5 Å². The summed E-state index contributed by atoms with van der Waals surface area (Å²) >= 11 is 0. The van der Waals surface area contributed by atoms with Crippen LogP contribution in [0.5, 0.6) is 0 Å². The number of ether oxygens (including phenoxy) is 1. The minimum Gasteiger partial charge on any atom is -0.456 e. The van der Waals surface area contributed by atoms with E-state index in [0.29, 0.717) is 24.8 Å². The van der Waals surface area contributed by atoms with E-state index < -0.39 is 57.8 Å². The van der Waals surface area contributed by atoms with Crippen molar-refractivity contribution >= 4 is 5.97 Å². The monoisotopic (exact) mass is 486 g/mol. The number of fused-ring (bicyclic) bond motifs is 5. The van der Waals surface area contributed by atoms with Gasteiger partial charge in [0.2, 0.25) is 0 Å². The largest absolute Gasteiger partial charge is 0.456 e. The van der Waals surface area contributed by atoms with Crippen molar-refractivity contribution in [1.29, 1.82) is 0 Å². The van der Waals surface area contributed by atoms with E-state index in [4.69, 9.17) is 4.74 Å². The van der Waals surface area contributed by atoms with Crippen LogP contribution in [-0.2, 0) is 4.74 Å². The van der Waals surface area contributed by atoms with E-state index in [2.05, 4.69) is 6.92 Å². The van der Waals surface area contributed by atoms with Gasteiger partial charge in [-0.3, -0.25) is 0 Å². The summed E-state index contributed by atoms with van der Waals surface area (Å²) in [6.07, 6.45) is 1.68. The van der Waals surface area contributed by atoms with E-state index in [9.17, 15) is 30.3 Å². The van der Waals surface area contributed by atoms with Gasteiger partial charge in [0, 0.05) is 5.92 Å². The summed E-state index contributed by atoms with van der Waals surface area (Å²) in [7, 11) is 0. The first-order valence-electron chi connectivity index (χ1n) is 12.8. The van der Waals surface area contributed by atoms with Gasteiger partial charge in [-0.1, -0.05) is 43.7 Å². The van der Waals surface area contributed by atoms with Gasteiger partial charge in [0.15, 0.2) is 0 Å². The third kappa shape index (κ3) is 3.05. The van der Waals surface area contributed by atoms with Gasteiger partial charge in [-0.05, 0) is 69.4 Å². The molecule has 5 N–H and O–H groups in total. The zero-order chi connectivity index (χ0) is 25.4. The first-order valence-corrected chi connectivity index (χ1v) is 12.8. The minimum absolute atomic E-state index is 0.0686. The van der Waals surface area contributed by atoms with Crippen molar-refractivity contribution in [1.82, 2.24) is 0 Å². The van der Waals surface area contributed by atoms with Crippen LogP contribution in [0.15, 0.2) is 42.0 Å². The third-order valence-electron chi connectivity index (χ3n) is 10.6. The maximum Gasteiger partial charge on any atom is 0.338 e. The molecule has 4 aliphatic rings. The van der Waals surface area contributed by atoms with Gasteiger partial charge < -0.3 is 30.3 Å². The molecule has 5 rings (SSSR count). The van der Waals surface area contributed by atoms with Gasteiger partial charge in [-0.15, -0.1) is 0 Å². The van der Waals surface area contributed by atoms with Gasteiger partial charge in [-0.2, -0.15) is 0 Å². The topological polar surface area (TPSA) is 127 Å². The number of rotatable bonds is 3. The van der Waals surface area contributed by atoms with Crippen molar-refractivity contribution in [2.24, 2.45) is 16.7 Å². The smallest absolute Gasteiger partial charge is 0.338 e. The molecule has 3 fully saturated rings. The Balaban J connectivity index is 1.51. The standard InChI is InChI=1S/C28H38O7/c1-17(35-23(31)18-7-5-4-6-8-18)26(32)13-14-28(34)25(26,3)22(30)16-21-24(2)11-10-20(29)15-19(24)9-12-27(21,28)33/h4-9,17,20-22,29-30,32-34H,10-16H2,1-3H3. The summed E-state index contributed by atoms with van der Waals surface area (Å²) in [6.45, 7) is 5.27. The van der Waals surface area contributed by atoms with Crippen molar-refractivity contribution in [3.63, 3.8) is 0 Å². The van der Waals surface area contributed by atoms with E-state index in [1.165, 1.54) is 0 Å². The molecule has 35 heavy (non-hydrogen) atoms. The normalized spacial score (nSPS) is 47.7. The fourth-order valence-corrected chi connectivity index (χ4v) is 8.25. The Labute approximate surface area is 206 Å². The van der Waals surface area contributed by atoms with Crippen LogP contribution in [0.2, 0.25) is 0 Å². The molecule has 7 heteroatoms. The molecule has 4 aliphatic carbocycles. The van der Waals surface area contributed by atoms with Gasteiger partial charge in [0.05, 0.1) is 23.2 Å². The van der Waals surface area contributed by atoms with E-state index in [1.54, 1.807) is 44.2 Å². The Morgan fingerprint density at radius 1 is 1.06 bits per heavy atom. The second kappa shape index (κ2) is 7.86. The molecule has 0 amide bonds. The molecule has 0 radical (unpaired) electrons. The highest BCUT2D eigenvalue weighted by Crippen LogP contribution is 2.70. The van der Waals surface area contributed by atoms with Crippen molar-refractivity contribution in [3.8, 4) is 0 Å². The van der Waals surface area contributed by atoms with Crippen molar-refractivity contribution in [2.45, 2.75) is 101 Å². The molecule has 1 aromatic carbocycles. The predicted molar refractivity (Wildman–Crippen MR) is 128 cm³/mol. The summed E-state index contributed by atoms with van der Waals surface area (Å²) < 4.78 is 5.68. The van der Waals surface area contributed by atoms with Crippen LogP contribution in [0.3, 0.4) is 0 Å². The first-order chi connectivity index (χ1) is 16.3. The SMILES string of the molecule is CC(OC(=O)c1ccccc1)C1(O)CCC2(O)C3(O)CC=C4CC(O)CCC4(C)C3CC(O)C12C. The average Bonchev–Trinajstić information content (AvgIpc) is 3.06. The fourth-order valence-electron chi connectivity index (χ4n) is 8.25. The first kappa shape index (κ1) is 24.9. The summed E-state index contributed by atoms with van der Waals surface area (Å²) in [4.78, 5) is 12.8. The third-order valence-corrected chi connectivity index (χ3v) is 10.6. The molecule has 0 heterocycles. The Hall–Kier alpha value is -1.77. The molecule has 3 saturated carbocycles. The van der Waals surface area contributed by atoms with Crippen LogP contribution in [0, 0.1) is 16.7 Å². The summed E-state index contributed by atoms with van der Waals surface area (Å²) in [5, 5.41) is 58.4. The fraction of sp³-hybridized carbons (Fsp3) is 0.679. The Kier molecular flexibility index (Phi) is 5.59. The Morgan fingerprint density at radius 3 is 2.43 bits per heavy atom. The molecule has 192 valence electrons. The van der Waals surface area contributed by atoms with Crippen LogP contribution in [0.25, 0.3) is 0 Å². The lowest BCUT2D eigenvalue weighted by atomic mass is 9.42. The molecular weight excluding hydrogens is 448 g/mol. The maximum absolute atomic E-state index is 12.8. The molecule has 0 aliphatic heterocycles. The number of aliphatic hydroxyl groups excluding tert-OH is 2. The van der Waals surface area contributed by atoms with E-state index >= 15 is 0 Å². The van der Waals surface area contributed by atoms with E-state index in [0.717, 1.165) is 5.57 Å². The summed E-state index contributed by atoms with van der Waals surface area (Å²) in [5.41, 5.74) is -5.69. The quantitative estimate of drug-likeness (QED) is 0.328. The van der Waals surface area contributed by atoms with Gasteiger partial charge in [0.1, 0.15) is 22.9 Å². The second-order valence-electron chi connectivity index (χ2n) is 11.9. The molecule has 9 atom stereocenters. The lowest BCUT2D eigenvalue weighted by Crippen LogP contribution is -2.78. The van der Waals surface area contributed by atoms with Gasteiger partial charge >= 0.3 is 5.97 Å². The molecule has 0 spiro atoms. The van der Waals surface area contributed by atoms with Crippen LogP contribution in [-0.4, -0.2) is 66.6 Å². The number of aliphatic hydroxyl groups is 5. The Morgan fingerprint density at radius 2 is 1.74 bits per heavy atom. The molecule has 7 nitrogen and oxygen atoms in total. The summed E-state index contributed by atoms with van der Waals surface area (Å²) in [6, 6.07) is 8.49. The lowest BCUT2D eigenvalue weighted by Gasteiger charge is -2.67. The van der Waals surface area contributed by atoms with Gasteiger partial charge in [-0.25, -0.2) is 4.79 Å². The second-order valence-corrected chi connectivity index (χ2v) is 11.9.